The third-order valence-electron chi connectivity index (χ3n) is 2.59. The Kier molecular flexibility index (Phi) is 10.5. The normalized spacial score (nSPS) is 11.8. The van der Waals surface area contributed by atoms with Gasteiger partial charge in [-0.05, 0) is 6.42 Å². The van der Waals surface area contributed by atoms with Crippen molar-refractivity contribution in [3.8, 4) is 0 Å². The van der Waals surface area contributed by atoms with Crippen molar-refractivity contribution in [2.75, 3.05) is 34.0 Å². The van der Waals surface area contributed by atoms with Crippen molar-refractivity contribution in [3.63, 3.8) is 0 Å². The SMILES string of the molecule is CCC(=O)CC[C@@H](NC(=O)COCCOC)C(=O)OC. The van der Waals surface area contributed by atoms with Crippen LogP contribution in [0.15, 0.2) is 0 Å². The number of nitrogens with one attached hydrogen (secondary N) is 1. The maximum Gasteiger partial charge on any atom is 0.328 e. The van der Waals surface area contributed by atoms with Gasteiger partial charge >= 0.3 is 5.97 Å². The molecule has 0 spiro atoms. The molecule has 0 rings (SSSR count). The first-order valence-electron chi connectivity index (χ1n) is 6.50. The quantitative estimate of drug-likeness (QED) is 0.427. The molecule has 0 saturated heterocycles. The van der Waals surface area contributed by atoms with E-state index in [-0.39, 0.29) is 25.2 Å². The molecule has 0 aromatic heterocycles. The van der Waals surface area contributed by atoms with Crippen molar-refractivity contribution in [1.29, 1.82) is 0 Å². The summed E-state index contributed by atoms with van der Waals surface area (Å²) in [5, 5.41) is 2.49. The van der Waals surface area contributed by atoms with E-state index in [1.54, 1.807) is 6.92 Å². The Morgan fingerprint density at radius 1 is 1.15 bits per heavy atom. The van der Waals surface area contributed by atoms with Gasteiger partial charge in [-0.3, -0.25) is 9.59 Å². The Morgan fingerprint density at radius 2 is 1.85 bits per heavy atom. The molecule has 0 aliphatic carbocycles. The van der Waals surface area contributed by atoms with Gasteiger partial charge in [0.15, 0.2) is 0 Å². The van der Waals surface area contributed by atoms with Gasteiger partial charge in [0.1, 0.15) is 18.4 Å². The van der Waals surface area contributed by atoms with Crippen LogP contribution < -0.4 is 5.32 Å². The van der Waals surface area contributed by atoms with E-state index in [1.807, 2.05) is 0 Å². The number of rotatable bonds is 11. The number of hydrogen-bond acceptors (Lipinski definition) is 6. The van der Waals surface area contributed by atoms with Gasteiger partial charge in [0, 0.05) is 20.0 Å². The van der Waals surface area contributed by atoms with Crippen molar-refractivity contribution in [3.05, 3.63) is 0 Å². The topological polar surface area (TPSA) is 90.9 Å². The van der Waals surface area contributed by atoms with Crippen molar-refractivity contribution in [2.45, 2.75) is 32.2 Å². The summed E-state index contributed by atoms with van der Waals surface area (Å²) in [5.74, 6) is -0.968. The molecule has 1 amide bonds. The molecule has 0 saturated carbocycles. The van der Waals surface area contributed by atoms with Crippen LogP contribution in [0.4, 0.5) is 0 Å². The molecule has 0 unspecified atom stereocenters. The Bertz CT molecular complexity index is 318. The Balaban J connectivity index is 4.17. The van der Waals surface area contributed by atoms with Gasteiger partial charge in [-0.15, -0.1) is 0 Å². The van der Waals surface area contributed by atoms with E-state index in [1.165, 1.54) is 14.2 Å². The van der Waals surface area contributed by atoms with Crippen LogP contribution >= 0.6 is 0 Å². The minimum absolute atomic E-state index is 0.0319. The lowest BCUT2D eigenvalue weighted by molar-refractivity contribution is -0.146. The van der Waals surface area contributed by atoms with Crippen LogP contribution in [0, 0.1) is 0 Å². The molecule has 0 heterocycles. The number of carbonyl (C=O) groups is 3. The third kappa shape index (κ3) is 8.60. The van der Waals surface area contributed by atoms with Crippen LogP contribution in [0.25, 0.3) is 0 Å². The highest BCUT2D eigenvalue weighted by Gasteiger charge is 2.22. The molecule has 116 valence electrons. The summed E-state index contributed by atoms with van der Waals surface area (Å²) < 4.78 is 14.4. The summed E-state index contributed by atoms with van der Waals surface area (Å²) in [6.45, 7) is 2.26. The van der Waals surface area contributed by atoms with Gasteiger partial charge in [-0.25, -0.2) is 4.79 Å². The Morgan fingerprint density at radius 3 is 2.40 bits per heavy atom. The highest BCUT2D eigenvalue weighted by molar-refractivity contribution is 5.86. The fraction of sp³-hybridized carbons (Fsp3) is 0.769. The first-order chi connectivity index (χ1) is 9.54. The van der Waals surface area contributed by atoms with E-state index >= 15 is 0 Å². The molecular formula is C13H23NO6. The average molecular weight is 289 g/mol. The number of carbonyl (C=O) groups excluding carboxylic acids is 3. The van der Waals surface area contributed by atoms with E-state index < -0.39 is 17.9 Å². The van der Waals surface area contributed by atoms with Gasteiger partial charge in [-0.1, -0.05) is 6.92 Å². The predicted molar refractivity (Wildman–Crippen MR) is 71.2 cm³/mol. The molecule has 20 heavy (non-hydrogen) atoms. The zero-order valence-corrected chi connectivity index (χ0v) is 12.3. The fourth-order valence-electron chi connectivity index (χ4n) is 1.42. The second-order valence-electron chi connectivity index (χ2n) is 4.12. The summed E-state index contributed by atoms with van der Waals surface area (Å²) in [6, 6.07) is -0.825. The monoisotopic (exact) mass is 289 g/mol. The molecule has 0 radical (unpaired) electrons. The van der Waals surface area contributed by atoms with Gasteiger partial charge < -0.3 is 19.5 Å². The number of Topliss-reactive ketones (excluding diaryl/α,β-unsaturated/α-hetero) is 1. The molecule has 1 N–H and O–H groups in total. The zero-order valence-electron chi connectivity index (χ0n) is 12.3. The smallest absolute Gasteiger partial charge is 0.328 e. The molecule has 0 fully saturated rings. The van der Waals surface area contributed by atoms with E-state index in [4.69, 9.17) is 9.47 Å². The largest absolute Gasteiger partial charge is 0.467 e. The number of hydrogen-bond donors (Lipinski definition) is 1. The summed E-state index contributed by atoms with van der Waals surface area (Å²) in [6.07, 6.45) is 0.853. The molecule has 7 nitrogen and oxygen atoms in total. The standard InChI is InChI=1S/C13H23NO6/c1-4-10(15)5-6-11(13(17)19-3)14-12(16)9-20-8-7-18-2/h11H,4-9H2,1-3H3,(H,14,16)/t11-/m1/s1. The van der Waals surface area contributed by atoms with Crippen LogP contribution in [0.2, 0.25) is 0 Å². The first-order valence-corrected chi connectivity index (χ1v) is 6.50. The molecule has 0 aliphatic rings. The minimum Gasteiger partial charge on any atom is -0.467 e. The van der Waals surface area contributed by atoms with Crippen LogP contribution in [0.5, 0.6) is 0 Å². The second-order valence-corrected chi connectivity index (χ2v) is 4.12. The maximum absolute atomic E-state index is 11.6. The van der Waals surface area contributed by atoms with Crippen LogP contribution in [0.3, 0.4) is 0 Å². The summed E-state index contributed by atoms with van der Waals surface area (Å²) in [5.41, 5.74) is 0. The van der Waals surface area contributed by atoms with E-state index in [0.29, 0.717) is 19.6 Å². The predicted octanol–water partition coefficient (Wildman–Crippen LogP) is 0.0665. The lowest BCUT2D eigenvalue weighted by Gasteiger charge is -2.16. The molecular weight excluding hydrogens is 266 g/mol. The van der Waals surface area contributed by atoms with Crippen LogP contribution in [-0.2, 0) is 28.6 Å². The van der Waals surface area contributed by atoms with Gasteiger partial charge in [0.05, 0.1) is 20.3 Å². The number of ketones is 1. The van der Waals surface area contributed by atoms with Gasteiger partial charge in [0.2, 0.25) is 5.91 Å². The highest BCUT2D eigenvalue weighted by Crippen LogP contribution is 2.02. The average Bonchev–Trinajstić information content (AvgIpc) is 2.46. The van der Waals surface area contributed by atoms with Gasteiger partial charge in [-0.2, -0.15) is 0 Å². The number of esters is 1. The first kappa shape index (κ1) is 18.5. The number of amides is 1. The Hall–Kier alpha value is -1.47. The lowest BCUT2D eigenvalue weighted by Crippen LogP contribution is -2.43. The van der Waals surface area contributed by atoms with E-state index in [9.17, 15) is 14.4 Å². The summed E-state index contributed by atoms with van der Waals surface area (Å²) in [4.78, 5) is 34.4. The van der Waals surface area contributed by atoms with Crippen molar-refractivity contribution < 1.29 is 28.6 Å². The van der Waals surface area contributed by atoms with E-state index in [2.05, 4.69) is 10.1 Å². The van der Waals surface area contributed by atoms with E-state index in [0.717, 1.165) is 0 Å². The maximum atomic E-state index is 11.6. The highest BCUT2D eigenvalue weighted by atomic mass is 16.5. The summed E-state index contributed by atoms with van der Waals surface area (Å²) in [7, 11) is 2.76. The summed E-state index contributed by atoms with van der Waals surface area (Å²) >= 11 is 0. The molecule has 0 aromatic carbocycles. The second kappa shape index (κ2) is 11.4. The zero-order chi connectivity index (χ0) is 15.4. The van der Waals surface area contributed by atoms with Crippen LogP contribution in [-0.4, -0.2) is 57.7 Å². The Labute approximate surface area is 118 Å². The van der Waals surface area contributed by atoms with Gasteiger partial charge in [0.25, 0.3) is 0 Å². The molecule has 1 atom stereocenters. The number of methoxy groups -OCH3 is 2. The van der Waals surface area contributed by atoms with Crippen molar-refractivity contribution in [1.82, 2.24) is 5.32 Å². The molecule has 0 aliphatic heterocycles. The lowest BCUT2D eigenvalue weighted by atomic mass is 10.1. The molecule has 7 heteroatoms. The van der Waals surface area contributed by atoms with Crippen molar-refractivity contribution >= 4 is 17.7 Å². The number of ether oxygens (including phenoxy) is 3. The molecule has 0 bridgehead atoms. The minimum atomic E-state index is -0.825. The fourth-order valence-corrected chi connectivity index (χ4v) is 1.42. The van der Waals surface area contributed by atoms with Crippen molar-refractivity contribution in [2.24, 2.45) is 0 Å². The van der Waals surface area contributed by atoms with Crippen LogP contribution in [0.1, 0.15) is 26.2 Å². The molecule has 0 aromatic rings. The third-order valence-corrected chi connectivity index (χ3v) is 2.59.